The highest BCUT2D eigenvalue weighted by atomic mass is 16.7. The smallest absolute Gasteiger partial charge is 0.157 e. The van der Waals surface area contributed by atoms with Gasteiger partial charge in [0.2, 0.25) is 0 Å². The highest BCUT2D eigenvalue weighted by molar-refractivity contribution is 5.20. The fourth-order valence-electron chi connectivity index (χ4n) is 8.43. The Morgan fingerprint density at radius 3 is 2.62 bits per heavy atom. The topological polar surface area (TPSA) is 57.4 Å². The third-order valence-electron chi connectivity index (χ3n) is 10.1. The second kappa shape index (κ2) is 6.78. The van der Waals surface area contributed by atoms with Crippen LogP contribution in [-0.2, 0) is 22.3 Å². The minimum absolute atomic E-state index is 0.0479. The molecular weight excluding hydrogens is 364 g/mol. The van der Waals surface area contributed by atoms with Crippen LogP contribution in [-0.4, -0.2) is 29.3 Å². The van der Waals surface area contributed by atoms with Gasteiger partial charge in [0.15, 0.2) is 6.29 Å². The minimum atomic E-state index is 0.0479. The van der Waals surface area contributed by atoms with Gasteiger partial charge in [-0.05, 0) is 98.7 Å². The highest BCUT2D eigenvalue weighted by Crippen LogP contribution is 2.66. The molecule has 3 saturated carbocycles. The van der Waals surface area contributed by atoms with Crippen molar-refractivity contribution in [1.82, 2.24) is 10.3 Å². The molecule has 1 aliphatic heterocycles. The number of ether oxygens (including phenoxy) is 2. The summed E-state index contributed by atoms with van der Waals surface area (Å²) < 4.78 is 17.7. The van der Waals surface area contributed by atoms with Gasteiger partial charge in [0.1, 0.15) is 11.4 Å². The Kier molecular flexibility index (Phi) is 4.40. The molecule has 5 heteroatoms. The molecule has 160 valence electrons. The maximum absolute atomic E-state index is 6.62. The van der Waals surface area contributed by atoms with Crippen molar-refractivity contribution < 1.29 is 14.1 Å². The van der Waals surface area contributed by atoms with Crippen LogP contribution in [0.15, 0.2) is 4.63 Å². The van der Waals surface area contributed by atoms with Gasteiger partial charge in [0.05, 0.1) is 6.10 Å². The molecule has 5 aliphatic rings. The van der Waals surface area contributed by atoms with E-state index in [2.05, 4.69) is 24.2 Å². The Morgan fingerprint density at radius 2 is 1.76 bits per heavy atom. The molecule has 4 aliphatic carbocycles. The maximum atomic E-state index is 6.62. The number of hydrogen-bond donors (Lipinski definition) is 0. The first kappa shape index (κ1) is 18.8. The van der Waals surface area contributed by atoms with Crippen molar-refractivity contribution in [3.63, 3.8) is 0 Å². The zero-order chi connectivity index (χ0) is 19.6. The normalized spacial score (nSPS) is 49.0. The fraction of sp³-hybridized carbons (Fsp3) is 0.917. The summed E-state index contributed by atoms with van der Waals surface area (Å²) in [5.74, 6) is 3.21. The summed E-state index contributed by atoms with van der Waals surface area (Å²) in [5, 5.41) is 8.47. The van der Waals surface area contributed by atoms with Crippen LogP contribution in [0, 0.1) is 34.5 Å². The first-order valence-corrected chi connectivity index (χ1v) is 12.2. The van der Waals surface area contributed by atoms with E-state index in [9.17, 15) is 0 Å². The zero-order valence-electron chi connectivity index (χ0n) is 18.1. The van der Waals surface area contributed by atoms with E-state index in [0.29, 0.717) is 16.9 Å². The van der Waals surface area contributed by atoms with Crippen molar-refractivity contribution in [2.75, 3.05) is 6.61 Å². The van der Waals surface area contributed by atoms with Crippen LogP contribution in [0.2, 0.25) is 0 Å². The van der Waals surface area contributed by atoms with E-state index in [1.54, 1.807) is 0 Å². The van der Waals surface area contributed by atoms with Crippen molar-refractivity contribution in [3.05, 3.63) is 11.4 Å². The zero-order valence-corrected chi connectivity index (χ0v) is 18.1. The summed E-state index contributed by atoms with van der Waals surface area (Å²) >= 11 is 0. The molecule has 2 heterocycles. The Hall–Kier alpha value is -0.940. The first-order chi connectivity index (χ1) is 14.1. The van der Waals surface area contributed by atoms with Gasteiger partial charge in [-0.15, -0.1) is 0 Å². The van der Waals surface area contributed by atoms with E-state index < -0.39 is 0 Å². The van der Waals surface area contributed by atoms with Gasteiger partial charge in [-0.3, -0.25) is 0 Å². The minimum Gasteiger partial charge on any atom is -0.353 e. The summed E-state index contributed by atoms with van der Waals surface area (Å²) in [7, 11) is 0. The summed E-state index contributed by atoms with van der Waals surface area (Å²) in [4.78, 5) is 0. The molecule has 4 fully saturated rings. The van der Waals surface area contributed by atoms with E-state index in [0.717, 1.165) is 60.9 Å². The molecule has 8 atom stereocenters. The van der Waals surface area contributed by atoms with Gasteiger partial charge in [0.25, 0.3) is 0 Å². The molecular formula is C24H36N2O3. The molecule has 1 saturated heterocycles. The molecule has 1 aromatic heterocycles. The molecule has 0 radical (unpaired) electrons. The van der Waals surface area contributed by atoms with Crippen molar-refractivity contribution >= 4 is 0 Å². The van der Waals surface area contributed by atoms with E-state index in [4.69, 9.17) is 14.1 Å². The molecule has 6 rings (SSSR count). The number of fused-ring (bicyclic) bond motifs is 6. The van der Waals surface area contributed by atoms with Crippen LogP contribution in [0.25, 0.3) is 0 Å². The predicted molar refractivity (Wildman–Crippen MR) is 108 cm³/mol. The molecule has 29 heavy (non-hydrogen) atoms. The van der Waals surface area contributed by atoms with Crippen molar-refractivity contribution in [2.45, 2.75) is 96.9 Å². The molecule has 1 aromatic rings. The first-order valence-electron chi connectivity index (χ1n) is 12.2. The van der Waals surface area contributed by atoms with Crippen LogP contribution in [0.3, 0.4) is 0 Å². The quantitative estimate of drug-likeness (QED) is 0.704. The standard InChI is InChI=1S/C24H36N2O3/c1-23-11-10-18-16(17(23)8-9-21(23)28-22-5-3-4-12-27-22)7-6-15-13-19-20(26-29-25-19)14-24(15,18)2/h15-18,21-22H,3-14H2,1-2H3. The fourth-order valence-corrected chi connectivity index (χ4v) is 8.43. The Labute approximate surface area is 174 Å². The molecule has 0 amide bonds. The summed E-state index contributed by atoms with van der Waals surface area (Å²) in [5.41, 5.74) is 2.97. The van der Waals surface area contributed by atoms with Gasteiger partial charge in [0, 0.05) is 13.0 Å². The second-order valence-corrected chi connectivity index (χ2v) is 11.2. The lowest BCUT2D eigenvalue weighted by Crippen LogP contribution is -2.55. The number of rotatable bonds is 2. The lowest BCUT2D eigenvalue weighted by Gasteiger charge is -2.59. The van der Waals surface area contributed by atoms with Crippen LogP contribution in [0.1, 0.15) is 83.0 Å². The molecule has 0 aromatic carbocycles. The van der Waals surface area contributed by atoms with Gasteiger partial charge >= 0.3 is 0 Å². The molecule has 8 unspecified atom stereocenters. The van der Waals surface area contributed by atoms with E-state index in [1.165, 1.54) is 51.4 Å². The Balaban J connectivity index is 1.23. The lowest BCUT2D eigenvalue weighted by atomic mass is 9.45. The monoisotopic (exact) mass is 400 g/mol. The predicted octanol–water partition coefficient (Wildman–Crippen LogP) is 4.94. The molecule has 0 bridgehead atoms. The Bertz CT molecular complexity index is 759. The number of nitrogens with zero attached hydrogens (tertiary/aromatic N) is 2. The summed E-state index contributed by atoms with van der Waals surface area (Å²) in [6, 6.07) is 0. The molecule has 0 N–H and O–H groups in total. The lowest BCUT2D eigenvalue weighted by molar-refractivity contribution is -0.218. The third-order valence-corrected chi connectivity index (χ3v) is 10.1. The molecule has 0 spiro atoms. The molecule has 5 nitrogen and oxygen atoms in total. The third kappa shape index (κ3) is 2.79. The summed E-state index contributed by atoms with van der Waals surface area (Å²) in [6.07, 6.45) is 14.0. The average molecular weight is 401 g/mol. The van der Waals surface area contributed by atoms with Crippen LogP contribution < -0.4 is 0 Å². The van der Waals surface area contributed by atoms with Gasteiger partial charge in [-0.1, -0.05) is 24.2 Å². The van der Waals surface area contributed by atoms with Crippen molar-refractivity contribution in [2.24, 2.45) is 34.5 Å². The van der Waals surface area contributed by atoms with Gasteiger partial charge in [-0.25, -0.2) is 4.63 Å². The van der Waals surface area contributed by atoms with Crippen LogP contribution >= 0.6 is 0 Å². The van der Waals surface area contributed by atoms with Crippen molar-refractivity contribution in [1.29, 1.82) is 0 Å². The number of aromatic nitrogens is 2. The maximum Gasteiger partial charge on any atom is 0.157 e. The van der Waals surface area contributed by atoms with Gasteiger partial charge in [-0.2, -0.15) is 0 Å². The van der Waals surface area contributed by atoms with Crippen LogP contribution in [0.4, 0.5) is 0 Å². The van der Waals surface area contributed by atoms with E-state index in [-0.39, 0.29) is 6.29 Å². The van der Waals surface area contributed by atoms with Gasteiger partial charge < -0.3 is 9.47 Å². The average Bonchev–Trinajstić information content (AvgIpc) is 3.30. The second-order valence-electron chi connectivity index (χ2n) is 11.2. The van der Waals surface area contributed by atoms with Crippen LogP contribution in [0.5, 0.6) is 0 Å². The highest BCUT2D eigenvalue weighted by Gasteiger charge is 2.61. The van der Waals surface area contributed by atoms with Crippen molar-refractivity contribution in [3.8, 4) is 0 Å². The largest absolute Gasteiger partial charge is 0.353 e. The van der Waals surface area contributed by atoms with E-state index in [1.807, 2.05) is 0 Å². The number of hydrogen-bond acceptors (Lipinski definition) is 5. The van der Waals surface area contributed by atoms with E-state index >= 15 is 0 Å². The summed E-state index contributed by atoms with van der Waals surface area (Å²) in [6.45, 7) is 5.98. The Morgan fingerprint density at radius 1 is 0.897 bits per heavy atom. The SMILES string of the molecule is CC12Cc3nonc3CC1CCC1C2CCC2(C)C(OC3CCCCO3)CCC12.